The number of rotatable bonds is 9. The van der Waals surface area contributed by atoms with Gasteiger partial charge in [-0.05, 0) is 11.6 Å². The molecule has 0 fully saturated rings. The Hall–Kier alpha value is -3.68. The Morgan fingerprint density at radius 2 is 2.11 bits per heavy atom. The zero-order valence-electron chi connectivity index (χ0n) is 15.1. The van der Waals surface area contributed by atoms with E-state index >= 15 is 0 Å². The summed E-state index contributed by atoms with van der Waals surface area (Å²) in [6, 6.07) is 11.7. The van der Waals surface area contributed by atoms with Crippen molar-refractivity contribution < 1.29 is 4.79 Å². The van der Waals surface area contributed by atoms with Crippen LogP contribution in [0.25, 0.3) is 0 Å². The summed E-state index contributed by atoms with van der Waals surface area (Å²) < 4.78 is 0. The number of nitrogens with two attached hydrogens (primary N) is 1. The SMILES string of the molecule is CNC(=O)CN/C=C\C(N)=Nc1cc(NCc2ccccc2)c(C=N)cn1. The van der Waals surface area contributed by atoms with E-state index in [2.05, 4.69) is 25.9 Å². The lowest BCUT2D eigenvalue weighted by Gasteiger charge is -2.10. The van der Waals surface area contributed by atoms with Crippen molar-refractivity contribution in [2.24, 2.45) is 10.7 Å². The molecule has 1 aromatic heterocycles. The van der Waals surface area contributed by atoms with Gasteiger partial charge >= 0.3 is 0 Å². The fourth-order valence-corrected chi connectivity index (χ4v) is 2.13. The lowest BCUT2D eigenvalue weighted by molar-refractivity contribution is -0.119. The summed E-state index contributed by atoms with van der Waals surface area (Å²) in [7, 11) is 1.57. The van der Waals surface area contributed by atoms with Crippen molar-refractivity contribution >= 4 is 29.5 Å². The van der Waals surface area contributed by atoms with E-state index in [0.29, 0.717) is 17.9 Å². The molecule has 0 radical (unpaired) electrons. The van der Waals surface area contributed by atoms with Crippen molar-refractivity contribution in [2.45, 2.75) is 6.54 Å². The first-order valence-electron chi connectivity index (χ1n) is 8.35. The zero-order chi connectivity index (χ0) is 19.5. The first-order valence-corrected chi connectivity index (χ1v) is 8.35. The van der Waals surface area contributed by atoms with Crippen LogP contribution in [0.1, 0.15) is 11.1 Å². The maximum absolute atomic E-state index is 11.1. The smallest absolute Gasteiger partial charge is 0.239 e. The Morgan fingerprint density at radius 1 is 1.33 bits per heavy atom. The summed E-state index contributed by atoms with van der Waals surface area (Å²) in [4.78, 5) is 19.5. The third kappa shape index (κ3) is 6.62. The summed E-state index contributed by atoms with van der Waals surface area (Å²) in [5.74, 6) is 0.529. The van der Waals surface area contributed by atoms with E-state index < -0.39 is 0 Å². The standard InChI is InChI=1S/C19H23N7O/c1-22-19(27)13-23-8-7-17(21)26-18-9-16(15(10-20)12-25-18)24-11-14-5-3-2-4-6-14/h2-10,12,20,23H,11,13H2,1H3,(H,22,27)(H3,21,24,25,26)/b8-7-,20-10?. The highest BCUT2D eigenvalue weighted by atomic mass is 16.1. The molecule has 0 saturated carbocycles. The summed E-state index contributed by atoms with van der Waals surface area (Å²) in [6.07, 6.45) is 5.90. The van der Waals surface area contributed by atoms with Crippen molar-refractivity contribution in [1.82, 2.24) is 15.6 Å². The summed E-state index contributed by atoms with van der Waals surface area (Å²) in [5, 5.41) is 16.1. The quantitative estimate of drug-likeness (QED) is 0.340. The maximum atomic E-state index is 11.1. The molecule has 6 N–H and O–H groups in total. The fourth-order valence-electron chi connectivity index (χ4n) is 2.13. The number of hydrogen-bond donors (Lipinski definition) is 5. The van der Waals surface area contributed by atoms with Crippen molar-refractivity contribution in [3.63, 3.8) is 0 Å². The van der Waals surface area contributed by atoms with E-state index in [0.717, 1.165) is 11.3 Å². The Morgan fingerprint density at radius 3 is 2.81 bits per heavy atom. The van der Waals surface area contributed by atoms with E-state index in [-0.39, 0.29) is 18.3 Å². The number of nitrogens with one attached hydrogen (secondary N) is 4. The molecule has 2 aromatic rings. The van der Waals surface area contributed by atoms with Gasteiger partial charge < -0.3 is 27.1 Å². The van der Waals surface area contributed by atoms with Gasteiger partial charge in [-0.3, -0.25) is 4.79 Å². The largest absolute Gasteiger partial charge is 0.384 e. The first kappa shape index (κ1) is 19.6. The zero-order valence-corrected chi connectivity index (χ0v) is 15.1. The number of carbonyl (C=O) groups excluding carboxylic acids is 1. The Bertz CT molecular complexity index is 831. The molecule has 27 heavy (non-hydrogen) atoms. The molecule has 0 unspecified atom stereocenters. The molecule has 0 saturated heterocycles. The highest BCUT2D eigenvalue weighted by Crippen LogP contribution is 2.20. The van der Waals surface area contributed by atoms with E-state index in [1.165, 1.54) is 6.21 Å². The van der Waals surface area contributed by atoms with E-state index in [1.54, 1.807) is 31.6 Å². The highest BCUT2D eigenvalue weighted by Gasteiger charge is 2.04. The van der Waals surface area contributed by atoms with Gasteiger partial charge in [-0.25, -0.2) is 9.98 Å². The van der Waals surface area contributed by atoms with E-state index in [9.17, 15) is 4.79 Å². The molecule has 0 aliphatic rings. The minimum Gasteiger partial charge on any atom is -0.384 e. The molecule has 0 atom stereocenters. The number of amides is 1. The van der Waals surface area contributed by atoms with E-state index in [1.807, 2.05) is 30.3 Å². The molecule has 8 nitrogen and oxygen atoms in total. The molecule has 0 aliphatic carbocycles. The second-order valence-corrected chi connectivity index (χ2v) is 5.54. The molecular formula is C19H23N7O. The van der Waals surface area contributed by atoms with Gasteiger partial charge in [0.2, 0.25) is 5.91 Å². The van der Waals surface area contributed by atoms with E-state index in [4.69, 9.17) is 11.1 Å². The summed E-state index contributed by atoms with van der Waals surface area (Å²) >= 11 is 0. The molecule has 0 bridgehead atoms. The lowest BCUT2D eigenvalue weighted by atomic mass is 10.2. The van der Waals surface area contributed by atoms with Crippen LogP contribution in [0.2, 0.25) is 0 Å². The third-order valence-corrected chi connectivity index (χ3v) is 3.56. The Labute approximate surface area is 158 Å². The number of benzene rings is 1. The number of nitrogens with zero attached hydrogens (tertiary/aromatic N) is 2. The monoisotopic (exact) mass is 365 g/mol. The van der Waals surface area contributed by atoms with Crippen LogP contribution >= 0.6 is 0 Å². The number of anilines is 1. The Balaban J connectivity index is 2.05. The topological polar surface area (TPSA) is 128 Å². The van der Waals surface area contributed by atoms with Gasteiger partial charge in [0.25, 0.3) is 0 Å². The van der Waals surface area contributed by atoms with Gasteiger partial charge in [-0.1, -0.05) is 30.3 Å². The van der Waals surface area contributed by atoms with Gasteiger partial charge in [0.05, 0.1) is 6.54 Å². The van der Waals surface area contributed by atoms with Crippen LogP contribution in [0.15, 0.2) is 59.9 Å². The van der Waals surface area contributed by atoms with Crippen LogP contribution in [0, 0.1) is 5.41 Å². The van der Waals surface area contributed by atoms with Crippen LogP contribution in [-0.4, -0.2) is 36.5 Å². The molecule has 0 aliphatic heterocycles. The molecular weight excluding hydrogens is 342 g/mol. The number of aliphatic imine (C=N–C) groups is 1. The van der Waals surface area contributed by atoms with Gasteiger partial charge in [0, 0.05) is 49.5 Å². The third-order valence-electron chi connectivity index (χ3n) is 3.56. The maximum Gasteiger partial charge on any atom is 0.239 e. The molecule has 8 heteroatoms. The number of hydrogen-bond acceptors (Lipinski definition) is 6. The fraction of sp³-hybridized carbons (Fsp3) is 0.158. The van der Waals surface area contributed by atoms with Crippen LogP contribution < -0.4 is 21.7 Å². The predicted molar refractivity (Wildman–Crippen MR) is 108 cm³/mol. The van der Waals surface area contributed by atoms with Crippen molar-refractivity contribution in [1.29, 1.82) is 5.41 Å². The normalized spacial score (nSPS) is 11.2. The van der Waals surface area contributed by atoms with Crippen molar-refractivity contribution in [3.8, 4) is 0 Å². The average Bonchev–Trinajstić information content (AvgIpc) is 2.70. The van der Waals surface area contributed by atoms with Gasteiger partial charge in [0.15, 0.2) is 5.82 Å². The molecule has 1 amide bonds. The molecule has 1 heterocycles. The van der Waals surface area contributed by atoms with Crippen LogP contribution in [0.4, 0.5) is 11.5 Å². The predicted octanol–water partition coefficient (Wildman–Crippen LogP) is 1.53. The van der Waals surface area contributed by atoms with Gasteiger partial charge in [-0.15, -0.1) is 0 Å². The highest BCUT2D eigenvalue weighted by molar-refractivity contribution is 5.93. The second kappa shape index (κ2) is 10.3. The minimum atomic E-state index is -0.131. The van der Waals surface area contributed by atoms with Gasteiger partial charge in [-0.2, -0.15) is 0 Å². The average molecular weight is 365 g/mol. The number of aromatic nitrogens is 1. The number of amidine groups is 1. The lowest BCUT2D eigenvalue weighted by Crippen LogP contribution is -2.28. The van der Waals surface area contributed by atoms with Crippen LogP contribution in [-0.2, 0) is 11.3 Å². The first-order chi connectivity index (χ1) is 13.1. The minimum absolute atomic E-state index is 0.131. The Kier molecular flexibility index (Phi) is 7.52. The van der Waals surface area contributed by atoms with Gasteiger partial charge in [0.1, 0.15) is 5.84 Å². The molecule has 0 spiro atoms. The number of carbonyl (C=O) groups is 1. The molecule has 1 aromatic carbocycles. The van der Waals surface area contributed by atoms with Crippen molar-refractivity contribution in [3.05, 3.63) is 66.0 Å². The molecule has 2 rings (SSSR count). The summed E-state index contributed by atoms with van der Waals surface area (Å²) in [6.45, 7) is 0.772. The number of pyridine rings is 1. The number of likely N-dealkylation sites (N-methyl/N-ethyl adjacent to an activating group) is 1. The van der Waals surface area contributed by atoms with Crippen LogP contribution in [0.3, 0.4) is 0 Å². The van der Waals surface area contributed by atoms with Crippen molar-refractivity contribution in [2.75, 3.05) is 18.9 Å². The molecule has 140 valence electrons. The summed E-state index contributed by atoms with van der Waals surface area (Å²) in [5.41, 5.74) is 8.39. The van der Waals surface area contributed by atoms with Crippen LogP contribution in [0.5, 0.6) is 0 Å². The second-order valence-electron chi connectivity index (χ2n) is 5.54.